The lowest BCUT2D eigenvalue weighted by atomic mass is 9.98. The summed E-state index contributed by atoms with van der Waals surface area (Å²) in [5.74, 6) is -3.59. The zero-order chi connectivity index (χ0) is 51.7. The van der Waals surface area contributed by atoms with Crippen molar-refractivity contribution in [3.8, 4) is 0 Å². The zero-order valence-electron chi connectivity index (χ0n) is 41.1. The standard InChI is InChI=1S/C52H64N10O10/c1-52(2,3)72-50(70)56-37-31-60(44(65)18-12-7-13-28-54-34-19-22-38-41(30-34)59(4)51(71)62(38)40-24-26-43(64)57-48(40)68)29-27-35-20-23-39(61(35)49(37)69)47(67)55-36(21-25-42(53)63)46(66)58-45(32-14-8-5-9-15-32)33-16-10-6-11-17-33/h5-6,8-11,14-17,19,22,27,30,36-37,39-40,45,54H,7,12-13,18,20-21,23-26,28-29,31H2,1-4H3,(H2,53,63)(H,55,67)(H,56,70)(H,58,66)(H,57,64,68)/b35-27-/t36-,37-,39-,40?/m0/s1. The molecule has 7 N–H and O–H groups in total. The minimum atomic E-state index is -1.30. The number of nitrogens with one attached hydrogen (secondary N) is 5. The largest absolute Gasteiger partial charge is 0.444 e. The molecule has 1 aromatic heterocycles. The molecule has 0 aliphatic carbocycles. The number of ether oxygens (including phenoxy) is 1. The number of anilines is 1. The minimum Gasteiger partial charge on any atom is -0.444 e. The third kappa shape index (κ3) is 12.8. The molecule has 2 fully saturated rings. The Morgan fingerprint density at radius 3 is 2.18 bits per heavy atom. The van der Waals surface area contributed by atoms with Gasteiger partial charge in [-0.3, -0.25) is 48.0 Å². The van der Waals surface area contributed by atoms with Gasteiger partial charge in [-0.1, -0.05) is 67.1 Å². The number of nitrogens with two attached hydrogens (primary N) is 1. The Morgan fingerprint density at radius 2 is 1.53 bits per heavy atom. The number of fused-ring (bicyclic) bond motifs is 2. The topological polar surface area (TPSA) is 265 Å². The predicted molar refractivity (Wildman–Crippen MR) is 266 cm³/mol. The van der Waals surface area contributed by atoms with Gasteiger partial charge in [-0.15, -0.1) is 0 Å². The molecule has 4 heterocycles. The molecule has 8 amide bonds. The van der Waals surface area contributed by atoms with Crippen LogP contribution in [0.4, 0.5) is 10.5 Å². The molecule has 20 heteroatoms. The molecule has 0 spiro atoms. The van der Waals surface area contributed by atoms with E-state index in [0.717, 1.165) is 16.8 Å². The maximum Gasteiger partial charge on any atom is 0.408 e. The van der Waals surface area contributed by atoms with Gasteiger partial charge in [0.05, 0.1) is 23.6 Å². The van der Waals surface area contributed by atoms with Crippen LogP contribution in [0.1, 0.15) is 108 Å². The lowest BCUT2D eigenvalue weighted by molar-refractivity contribution is -0.141. The summed E-state index contributed by atoms with van der Waals surface area (Å²) in [4.78, 5) is 122. The molecule has 3 aliphatic heterocycles. The molecule has 4 aromatic rings. The lowest BCUT2D eigenvalue weighted by Gasteiger charge is -2.35. The first-order chi connectivity index (χ1) is 34.4. The van der Waals surface area contributed by atoms with Crippen LogP contribution in [0.5, 0.6) is 0 Å². The molecule has 3 aromatic carbocycles. The number of allylic oxidation sites excluding steroid dienone is 1. The van der Waals surface area contributed by atoms with Crippen LogP contribution in [0.2, 0.25) is 0 Å². The summed E-state index contributed by atoms with van der Waals surface area (Å²) in [6.45, 7) is 5.50. The number of alkyl carbamates (subject to hydrolysis) is 1. The molecule has 382 valence electrons. The number of benzene rings is 3. The van der Waals surface area contributed by atoms with Gasteiger partial charge in [0.2, 0.25) is 35.4 Å². The highest BCUT2D eigenvalue weighted by Gasteiger charge is 2.44. The molecular formula is C52H64N10O10. The summed E-state index contributed by atoms with van der Waals surface area (Å²) in [6, 6.07) is 19.1. The van der Waals surface area contributed by atoms with Crippen LogP contribution in [0, 0.1) is 0 Å². The Labute approximate surface area is 417 Å². The van der Waals surface area contributed by atoms with Gasteiger partial charge in [0.1, 0.15) is 29.8 Å². The molecule has 0 radical (unpaired) electrons. The highest BCUT2D eigenvalue weighted by molar-refractivity contribution is 6.00. The second-order valence-corrected chi connectivity index (χ2v) is 19.4. The van der Waals surface area contributed by atoms with Crippen molar-refractivity contribution in [3.63, 3.8) is 0 Å². The van der Waals surface area contributed by atoms with Gasteiger partial charge in [0.25, 0.3) is 5.91 Å². The zero-order valence-corrected chi connectivity index (χ0v) is 41.1. The highest BCUT2D eigenvalue weighted by Crippen LogP contribution is 2.31. The molecule has 3 aliphatic rings. The first-order valence-electron chi connectivity index (χ1n) is 24.5. The van der Waals surface area contributed by atoms with Crippen molar-refractivity contribution in [1.82, 2.24) is 40.2 Å². The maximum absolute atomic E-state index is 14.6. The summed E-state index contributed by atoms with van der Waals surface area (Å²) in [5.41, 5.74) is 8.29. The normalized spacial score (nSPS) is 19.3. The molecule has 20 nitrogen and oxygen atoms in total. The van der Waals surface area contributed by atoms with Crippen LogP contribution in [-0.4, -0.2) is 110 Å². The number of nitrogens with zero attached hydrogens (tertiary/aromatic N) is 4. The van der Waals surface area contributed by atoms with E-state index in [2.05, 4.69) is 26.6 Å². The predicted octanol–water partition coefficient (Wildman–Crippen LogP) is 3.56. The summed E-state index contributed by atoms with van der Waals surface area (Å²) in [7, 11) is 1.63. The highest BCUT2D eigenvalue weighted by atomic mass is 16.6. The number of carbonyl (C=O) groups excluding carboxylic acids is 8. The molecule has 4 atom stereocenters. The fraction of sp³-hybridized carbons (Fsp3) is 0.442. The summed E-state index contributed by atoms with van der Waals surface area (Å²) >= 11 is 0. The average molecular weight is 989 g/mol. The van der Waals surface area contributed by atoms with E-state index in [-0.39, 0.29) is 75.5 Å². The van der Waals surface area contributed by atoms with Crippen molar-refractivity contribution in [2.75, 3.05) is 25.0 Å². The van der Waals surface area contributed by atoms with Crippen LogP contribution in [0.3, 0.4) is 0 Å². The van der Waals surface area contributed by atoms with Crippen molar-refractivity contribution in [2.45, 2.75) is 121 Å². The third-order valence-corrected chi connectivity index (χ3v) is 13.0. The van der Waals surface area contributed by atoms with Crippen molar-refractivity contribution < 1.29 is 43.1 Å². The van der Waals surface area contributed by atoms with E-state index >= 15 is 0 Å². The fourth-order valence-electron chi connectivity index (χ4n) is 9.38. The second kappa shape index (κ2) is 23.0. The first-order valence-corrected chi connectivity index (χ1v) is 24.5. The van der Waals surface area contributed by atoms with E-state index in [1.165, 1.54) is 18.9 Å². The molecule has 2 saturated heterocycles. The number of hydrogen-bond donors (Lipinski definition) is 6. The molecule has 0 bridgehead atoms. The number of aromatic nitrogens is 2. The Balaban J connectivity index is 0.992. The smallest absolute Gasteiger partial charge is 0.408 e. The number of aryl methyl sites for hydroxylation is 1. The van der Waals surface area contributed by atoms with Crippen LogP contribution in [0.25, 0.3) is 11.0 Å². The summed E-state index contributed by atoms with van der Waals surface area (Å²) < 4.78 is 8.42. The number of imidazole rings is 1. The quantitative estimate of drug-likeness (QED) is 0.0620. The second-order valence-electron chi connectivity index (χ2n) is 19.4. The van der Waals surface area contributed by atoms with Crippen LogP contribution in [-0.2, 0) is 45.3 Å². The number of amides is 8. The lowest BCUT2D eigenvalue weighted by Crippen LogP contribution is -2.59. The van der Waals surface area contributed by atoms with Crippen LogP contribution in [0.15, 0.2) is 95.4 Å². The van der Waals surface area contributed by atoms with Gasteiger partial charge in [0, 0.05) is 50.8 Å². The summed E-state index contributed by atoms with van der Waals surface area (Å²) in [6.07, 6.45) is 3.50. The van der Waals surface area contributed by atoms with Gasteiger partial charge in [-0.25, -0.2) is 9.59 Å². The van der Waals surface area contributed by atoms with Crippen LogP contribution >= 0.6 is 0 Å². The number of primary amides is 1. The van der Waals surface area contributed by atoms with E-state index < -0.39 is 71.4 Å². The van der Waals surface area contributed by atoms with Crippen molar-refractivity contribution in [3.05, 3.63) is 112 Å². The Morgan fingerprint density at radius 1 is 0.833 bits per heavy atom. The van der Waals surface area contributed by atoms with Gasteiger partial charge in [0.15, 0.2) is 0 Å². The fourth-order valence-corrected chi connectivity index (χ4v) is 9.38. The first kappa shape index (κ1) is 52.1. The number of imide groups is 1. The number of carbonyl (C=O) groups is 8. The average Bonchev–Trinajstić information content (AvgIpc) is 3.87. The van der Waals surface area contributed by atoms with Gasteiger partial charge in [-0.2, -0.15) is 0 Å². The Bertz CT molecular complexity index is 2740. The van der Waals surface area contributed by atoms with Crippen molar-refractivity contribution >= 4 is 64.2 Å². The number of piperidine rings is 1. The van der Waals surface area contributed by atoms with E-state index in [1.54, 1.807) is 40.0 Å². The van der Waals surface area contributed by atoms with E-state index in [1.807, 2.05) is 72.8 Å². The number of hydrogen-bond acceptors (Lipinski definition) is 11. The van der Waals surface area contributed by atoms with E-state index in [9.17, 15) is 43.2 Å². The van der Waals surface area contributed by atoms with Crippen molar-refractivity contribution in [1.29, 1.82) is 0 Å². The molecule has 1 unspecified atom stereocenters. The molecule has 0 saturated carbocycles. The summed E-state index contributed by atoms with van der Waals surface area (Å²) in [5, 5.41) is 14.2. The van der Waals surface area contributed by atoms with E-state index in [4.69, 9.17) is 10.5 Å². The van der Waals surface area contributed by atoms with Crippen LogP contribution < -0.4 is 38.0 Å². The van der Waals surface area contributed by atoms with E-state index in [0.29, 0.717) is 42.5 Å². The number of unbranched alkanes of at least 4 members (excludes halogenated alkanes) is 2. The van der Waals surface area contributed by atoms with Gasteiger partial charge >= 0.3 is 11.8 Å². The SMILES string of the molecule is Cn1c(=O)n(C2CCC(=O)NC2=O)c2ccc(NCCCCCC(=O)N3C/C=C4/CC[C@@H](C(=O)N[C@@H](CCC(N)=O)C(=O)NC(c5ccccc5)c5ccccc5)N4C(=O)[C@@H](NC(=O)OC(C)(C)C)C3)cc21. The van der Waals surface area contributed by atoms with Gasteiger partial charge < -0.3 is 41.5 Å². The van der Waals surface area contributed by atoms with Gasteiger partial charge in [-0.05, 0) is 94.7 Å². The van der Waals surface area contributed by atoms with Crippen molar-refractivity contribution in [2.24, 2.45) is 12.8 Å². The molecular weight excluding hydrogens is 925 g/mol. The Hall–Kier alpha value is -7.77. The molecule has 7 rings (SSSR count). The monoisotopic (exact) mass is 988 g/mol. The Kier molecular flexibility index (Phi) is 16.6. The third-order valence-electron chi connectivity index (χ3n) is 13.0. The molecule has 72 heavy (non-hydrogen) atoms. The maximum atomic E-state index is 14.6. The number of rotatable bonds is 18. The minimum absolute atomic E-state index is 0.0978.